The molecule has 3 aromatic rings. The van der Waals surface area contributed by atoms with E-state index in [1.54, 1.807) is 35.1 Å². The van der Waals surface area contributed by atoms with Gasteiger partial charge < -0.3 is 9.64 Å². The summed E-state index contributed by atoms with van der Waals surface area (Å²) in [5.41, 5.74) is 2.84. The van der Waals surface area contributed by atoms with Gasteiger partial charge in [-0.3, -0.25) is 4.79 Å². The van der Waals surface area contributed by atoms with Crippen LogP contribution >= 0.6 is 11.6 Å². The van der Waals surface area contributed by atoms with Crippen molar-refractivity contribution >= 4 is 17.5 Å². The third kappa shape index (κ3) is 4.46. The fourth-order valence-electron chi connectivity index (χ4n) is 2.70. The summed E-state index contributed by atoms with van der Waals surface area (Å²) < 4.78 is 7.35. The van der Waals surface area contributed by atoms with E-state index in [0.29, 0.717) is 10.8 Å². The molecule has 0 aliphatic heterocycles. The van der Waals surface area contributed by atoms with Crippen molar-refractivity contribution in [3.05, 3.63) is 71.3 Å². The molecule has 1 heterocycles. The number of likely N-dealkylation sites (N-methyl/N-ethyl adjacent to an activating group) is 1. The first-order valence-electron chi connectivity index (χ1n) is 8.55. The number of hydrogen-bond acceptors (Lipinski definition) is 4. The highest BCUT2D eigenvalue weighted by atomic mass is 35.5. The maximum atomic E-state index is 12.5. The second-order valence-corrected chi connectivity index (χ2v) is 6.75. The molecule has 0 saturated carbocycles. The van der Waals surface area contributed by atoms with Gasteiger partial charge in [0.2, 0.25) is 0 Å². The summed E-state index contributed by atoms with van der Waals surface area (Å²) in [6, 6.07) is 13.1. The first kappa shape index (κ1) is 18.9. The van der Waals surface area contributed by atoms with Gasteiger partial charge in [-0.25, -0.2) is 9.67 Å². The van der Waals surface area contributed by atoms with E-state index >= 15 is 0 Å². The molecule has 27 heavy (non-hydrogen) atoms. The van der Waals surface area contributed by atoms with Gasteiger partial charge in [0.25, 0.3) is 5.91 Å². The van der Waals surface area contributed by atoms with Crippen molar-refractivity contribution in [2.75, 3.05) is 13.7 Å². The van der Waals surface area contributed by atoms with E-state index in [0.717, 1.165) is 16.8 Å². The van der Waals surface area contributed by atoms with E-state index in [1.807, 2.05) is 44.2 Å². The molecule has 7 heteroatoms. The number of ether oxygens (including phenoxy) is 1. The molecule has 3 rings (SSSR count). The molecule has 2 aromatic carbocycles. The minimum Gasteiger partial charge on any atom is -0.483 e. The summed E-state index contributed by atoms with van der Waals surface area (Å²) in [5, 5.41) is 4.75. The summed E-state index contributed by atoms with van der Waals surface area (Å²) in [5.74, 6) is 0.559. The monoisotopic (exact) mass is 384 g/mol. The predicted molar refractivity (Wildman–Crippen MR) is 104 cm³/mol. The normalized spacial score (nSPS) is 11.9. The summed E-state index contributed by atoms with van der Waals surface area (Å²) in [6.07, 6.45) is 3.13. The minimum atomic E-state index is -0.0998. The molecule has 1 amide bonds. The lowest BCUT2D eigenvalue weighted by Crippen LogP contribution is -2.33. The van der Waals surface area contributed by atoms with E-state index in [9.17, 15) is 4.79 Å². The topological polar surface area (TPSA) is 60.2 Å². The molecule has 6 nitrogen and oxygen atoms in total. The number of nitrogens with zero attached hydrogens (tertiary/aromatic N) is 4. The second kappa shape index (κ2) is 8.22. The molecule has 0 bridgehead atoms. The Morgan fingerprint density at radius 1 is 1.26 bits per heavy atom. The number of carbonyl (C=O) groups excluding carboxylic acids is 1. The number of aryl methyl sites for hydroxylation is 1. The average molecular weight is 385 g/mol. The molecule has 0 spiro atoms. The highest BCUT2D eigenvalue weighted by Gasteiger charge is 2.18. The van der Waals surface area contributed by atoms with Crippen molar-refractivity contribution in [1.29, 1.82) is 0 Å². The number of carbonyl (C=O) groups is 1. The molecule has 0 aliphatic rings. The van der Waals surface area contributed by atoms with Gasteiger partial charge in [0.1, 0.15) is 18.4 Å². The van der Waals surface area contributed by atoms with Crippen molar-refractivity contribution < 1.29 is 9.53 Å². The van der Waals surface area contributed by atoms with Gasteiger partial charge in [-0.15, -0.1) is 0 Å². The third-order valence-corrected chi connectivity index (χ3v) is 4.76. The maximum Gasteiger partial charge on any atom is 0.260 e. The zero-order valence-electron chi connectivity index (χ0n) is 15.5. The molecule has 0 radical (unpaired) electrons. The molecule has 0 aliphatic carbocycles. The average Bonchev–Trinajstić information content (AvgIpc) is 3.21. The zero-order valence-corrected chi connectivity index (χ0v) is 16.2. The summed E-state index contributed by atoms with van der Waals surface area (Å²) in [6.45, 7) is 3.85. The molecule has 0 unspecified atom stereocenters. The standard InChI is InChI=1S/C20H21ClN4O2/c1-14-10-17(21)6-9-19(14)27-11-20(26)24(3)15(2)16-4-7-18(8-5-16)25-13-22-12-23-25/h4-10,12-13,15H,11H2,1-3H3/t15-/m1/s1. The predicted octanol–water partition coefficient (Wildman–Crippen LogP) is 3.83. The molecule has 0 fully saturated rings. The molecular formula is C20H21ClN4O2. The summed E-state index contributed by atoms with van der Waals surface area (Å²) in [4.78, 5) is 18.1. The van der Waals surface area contributed by atoms with Crippen LogP contribution in [-0.4, -0.2) is 39.2 Å². The van der Waals surface area contributed by atoms with Crippen LogP contribution in [0.25, 0.3) is 5.69 Å². The SMILES string of the molecule is Cc1cc(Cl)ccc1OCC(=O)N(C)[C@H](C)c1ccc(-n2cncn2)cc1. The highest BCUT2D eigenvalue weighted by molar-refractivity contribution is 6.30. The Labute approximate surface area is 163 Å². The van der Waals surface area contributed by atoms with Crippen LogP contribution in [0.5, 0.6) is 5.75 Å². The van der Waals surface area contributed by atoms with E-state index in [-0.39, 0.29) is 18.6 Å². The lowest BCUT2D eigenvalue weighted by atomic mass is 10.1. The molecule has 1 aromatic heterocycles. The first-order chi connectivity index (χ1) is 13.0. The van der Waals surface area contributed by atoms with E-state index in [1.165, 1.54) is 6.33 Å². The Kier molecular flexibility index (Phi) is 5.76. The fraction of sp³-hybridized carbons (Fsp3) is 0.250. The van der Waals surface area contributed by atoms with Crippen molar-refractivity contribution in [1.82, 2.24) is 19.7 Å². The first-order valence-corrected chi connectivity index (χ1v) is 8.93. The molecule has 1 atom stereocenters. The zero-order chi connectivity index (χ0) is 19.4. The van der Waals surface area contributed by atoms with Crippen molar-refractivity contribution in [2.45, 2.75) is 19.9 Å². The molecular weight excluding hydrogens is 364 g/mol. The molecule has 0 saturated heterocycles. The lowest BCUT2D eigenvalue weighted by molar-refractivity contribution is -0.134. The van der Waals surface area contributed by atoms with Crippen LogP contribution in [0.1, 0.15) is 24.1 Å². The van der Waals surface area contributed by atoms with E-state index in [4.69, 9.17) is 16.3 Å². The van der Waals surface area contributed by atoms with Gasteiger partial charge in [0, 0.05) is 12.1 Å². The van der Waals surface area contributed by atoms with Crippen LogP contribution < -0.4 is 4.74 Å². The van der Waals surface area contributed by atoms with Crippen LogP contribution in [0.15, 0.2) is 55.1 Å². The fourth-order valence-corrected chi connectivity index (χ4v) is 2.93. The second-order valence-electron chi connectivity index (χ2n) is 6.31. The number of rotatable bonds is 6. The maximum absolute atomic E-state index is 12.5. The number of amides is 1. The van der Waals surface area contributed by atoms with Gasteiger partial charge in [-0.2, -0.15) is 5.10 Å². The van der Waals surface area contributed by atoms with Gasteiger partial charge in [-0.1, -0.05) is 23.7 Å². The van der Waals surface area contributed by atoms with Crippen LogP contribution in [0.4, 0.5) is 0 Å². The number of benzene rings is 2. The number of hydrogen-bond donors (Lipinski definition) is 0. The van der Waals surface area contributed by atoms with Gasteiger partial charge in [-0.05, 0) is 55.3 Å². The summed E-state index contributed by atoms with van der Waals surface area (Å²) >= 11 is 5.94. The van der Waals surface area contributed by atoms with Gasteiger partial charge in [0.15, 0.2) is 6.61 Å². The Morgan fingerprint density at radius 3 is 2.63 bits per heavy atom. The number of halogens is 1. The Hall–Kier alpha value is -2.86. The Bertz CT molecular complexity index is 910. The van der Waals surface area contributed by atoms with Gasteiger partial charge in [0.05, 0.1) is 11.7 Å². The van der Waals surface area contributed by atoms with Crippen LogP contribution in [0.2, 0.25) is 5.02 Å². The van der Waals surface area contributed by atoms with Crippen LogP contribution in [0, 0.1) is 6.92 Å². The van der Waals surface area contributed by atoms with E-state index < -0.39 is 0 Å². The quantitative estimate of drug-likeness (QED) is 0.648. The number of aromatic nitrogens is 3. The van der Waals surface area contributed by atoms with Gasteiger partial charge >= 0.3 is 0 Å². The highest BCUT2D eigenvalue weighted by Crippen LogP contribution is 2.23. The smallest absolute Gasteiger partial charge is 0.260 e. The third-order valence-electron chi connectivity index (χ3n) is 4.52. The van der Waals surface area contributed by atoms with Crippen LogP contribution in [-0.2, 0) is 4.79 Å². The molecule has 140 valence electrons. The van der Waals surface area contributed by atoms with Crippen molar-refractivity contribution in [3.63, 3.8) is 0 Å². The lowest BCUT2D eigenvalue weighted by Gasteiger charge is -2.25. The van der Waals surface area contributed by atoms with E-state index in [2.05, 4.69) is 10.1 Å². The largest absolute Gasteiger partial charge is 0.483 e. The summed E-state index contributed by atoms with van der Waals surface area (Å²) in [7, 11) is 1.77. The minimum absolute atomic E-state index is 0.0274. The molecule has 0 N–H and O–H groups in total. The Balaban J connectivity index is 1.62. The van der Waals surface area contributed by atoms with Crippen molar-refractivity contribution in [3.8, 4) is 11.4 Å². The van der Waals surface area contributed by atoms with Crippen molar-refractivity contribution in [2.24, 2.45) is 0 Å². The Morgan fingerprint density at radius 2 is 2.00 bits per heavy atom. The van der Waals surface area contributed by atoms with Crippen LogP contribution in [0.3, 0.4) is 0 Å².